The molecule has 0 rings (SSSR count). The molecule has 0 radical (unpaired) electrons. The van der Waals surface area contributed by atoms with Crippen LogP contribution in [-0.4, -0.2) is 43.0 Å². The van der Waals surface area contributed by atoms with Crippen LogP contribution in [0.3, 0.4) is 0 Å². The van der Waals surface area contributed by atoms with Crippen LogP contribution in [0, 0.1) is 0 Å². The highest BCUT2D eigenvalue weighted by atomic mass is 35.5. The zero-order valence-corrected chi connectivity index (χ0v) is 12.7. The number of halogens is 2. The largest absolute Gasteiger partial charge is 0.353 e. The third-order valence-corrected chi connectivity index (χ3v) is 2.60. The van der Waals surface area contributed by atoms with Gasteiger partial charge in [0.05, 0.1) is 6.54 Å². The van der Waals surface area contributed by atoms with Crippen molar-refractivity contribution < 1.29 is 4.79 Å². The number of rotatable bonds is 8. The second kappa shape index (κ2) is 14.0. The second-order valence-corrected chi connectivity index (χ2v) is 3.84. The van der Waals surface area contributed by atoms with E-state index >= 15 is 0 Å². The van der Waals surface area contributed by atoms with Gasteiger partial charge in [-0.25, -0.2) is 0 Å². The number of amides is 1. The van der Waals surface area contributed by atoms with Gasteiger partial charge < -0.3 is 16.0 Å². The van der Waals surface area contributed by atoms with Gasteiger partial charge in [0.1, 0.15) is 0 Å². The van der Waals surface area contributed by atoms with Crippen molar-refractivity contribution in [2.24, 2.45) is 5.73 Å². The standard InChI is InChI=1S/C11H25N3O.2ClH/c1-4-14(5-2)8-6-7-10(3)13-11(15)9-12;;/h10H,4-9,12H2,1-3H3,(H,13,15);2*1H. The molecule has 0 aliphatic heterocycles. The Bertz CT molecular complexity index is 178. The van der Waals surface area contributed by atoms with Crippen LogP contribution in [0.5, 0.6) is 0 Å². The van der Waals surface area contributed by atoms with Crippen LogP contribution in [-0.2, 0) is 4.79 Å². The number of hydrogen-bond acceptors (Lipinski definition) is 3. The van der Waals surface area contributed by atoms with E-state index in [2.05, 4.69) is 24.1 Å². The molecule has 1 unspecified atom stereocenters. The summed E-state index contributed by atoms with van der Waals surface area (Å²) in [7, 11) is 0. The van der Waals surface area contributed by atoms with Gasteiger partial charge in [0, 0.05) is 6.04 Å². The van der Waals surface area contributed by atoms with E-state index in [0.717, 1.165) is 32.5 Å². The molecule has 0 heterocycles. The van der Waals surface area contributed by atoms with Crippen molar-refractivity contribution in [3.05, 3.63) is 0 Å². The Morgan fingerprint density at radius 3 is 2.24 bits per heavy atom. The normalized spacial score (nSPS) is 11.4. The SMILES string of the molecule is CCN(CC)CCCC(C)NC(=O)CN.Cl.Cl. The van der Waals surface area contributed by atoms with Crippen LogP contribution in [0.2, 0.25) is 0 Å². The molecule has 6 heteroatoms. The number of hydrogen-bond donors (Lipinski definition) is 2. The molecule has 3 N–H and O–H groups in total. The maximum atomic E-state index is 11.0. The number of nitrogens with one attached hydrogen (secondary N) is 1. The highest BCUT2D eigenvalue weighted by molar-refractivity contribution is 5.85. The van der Waals surface area contributed by atoms with Gasteiger partial charge in [0.2, 0.25) is 5.91 Å². The van der Waals surface area contributed by atoms with Crippen LogP contribution in [0.15, 0.2) is 0 Å². The molecule has 0 saturated heterocycles. The predicted octanol–water partition coefficient (Wildman–Crippen LogP) is 1.42. The fourth-order valence-corrected chi connectivity index (χ4v) is 1.57. The van der Waals surface area contributed by atoms with Crippen LogP contribution in [0.4, 0.5) is 0 Å². The summed E-state index contributed by atoms with van der Waals surface area (Å²) in [5, 5.41) is 2.86. The van der Waals surface area contributed by atoms with Crippen molar-refractivity contribution in [3.8, 4) is 0 Å². The average Bonchev–Trinajstić information content (AvgIpc) is 2.24. The van der Waals surface area contributed by atoms with Gasteiger partial charge in [-0.3, -0.25) is 4.79 Å². The number of carbonyl (C=O) groups is 1. The van der Waals surface area contributed by atoms with Gasteiger partial charge in [0.25, 0.3) is 0 Å². The predicted molar refractivity (Wildman–Crippen MR) is 78.2 cm³/mol. The quantitative estimate of drug-likeness (QED) is 0.710. The molecule has 0 bridgehead atoms. The Kier molecular flexibility index (Phi) is 18.3. The van der Waals surface area contributed by atoms with Crippen molar-refractivity contribution in [2.45, 2.75) is 39.7 Å². The minimum absolute atomic E-state index is 0. The number of nitrogens with zero attached hydrogens (tertiary/aromatic N) is 1. The first-order chi connectivity index (χ1) is 7.13. The molecule has 0 spiro atoms. The smallest absolute Gasteiger partial charge is 0.233 e. The van der Waals surface area contributed by atoms with Crippen molar-refractivity contribution in [3.63, 3.8) is 0 Å². The lowest BCUT2D eigenvalue weighted by atomic mass is 10.1. The topological polar surface area (TPSA) is 58.4 Å². The summed E-state index contributed by atoms with van der Waals surface area (Å²) in [5.41, 5.74) is 5.22. The van der Waals surface area contributed by atoms with Gasteiger partial charge in [0.15, 0.2) is 0 Å². The molecule has 1 amide bonds. The van der Waals surface area contributed by atoms with Crippen LogP contribution in [0.1, 0.15) is 33.6 Å². The third-order valence-electron chi connectivity index (χ3n) is 2.60. The van der Waals surface area contributed by atoms with E-state index in [9.17, 15) is 4.79 Å². The minimum atomic E-state index is -0.0645. The highest BCUT2D eigenvalue weighted by Crippen LogP contribution is 1.99. The van der Waals surface area contributed by atoms with E-state index in [1.165, 1.54) is 0 Å². The molecule has 0 aromatic carbocycles. The molecule has 4 nitrogen and oxygen atoms in total. The van der Waals surface area contributed by atoms with Crippen molar-refractivity contribution in [2.75, 3.05) is 26.2 Å². The lowest BCUT2D eigenvalue weighted by molar-refractivity contribution is -0.120. The lowest BCUT2D eigenvalue weighted by Gasteiger charge is -2.19. The van der Waals surface area contributed by atoms with Crippen LogP contribution >= 0.6 is 24.8 Å². The highest BCUT2D eigenvalue weighted by Gasteiger charge is 2.06. The molecule has 17 heavy (non-hydrogen) atoms. The summed E-state index contributed by atoms with van der Waals surface area (Å²) in [4.78, 5) is 13.4. The van der Waals surface area contributed by atoms with E-state index in [1.54, 1.807) is 0 Å². The van der Waals surface area contributed by atoms with Gasteiger partial charge in [-0.15, -0.1) is 24.8 Å². The average molecular weight is 288 g/mol. The Balaban J connectivity index is -0.000000980. The van der Waals surface area contributed by atoms with E-state index in [1.807, 2.05) is 6.92 Å². The summed E-state index contributed by atoms with van der Waals surface area (Å²) in [6, 6.07) is 0.233. The summed E-state index contributed by atoms with van der Waals surface area (Å²) >= 11 is 0. The monoisotopic (exact) mass is 287 g/mol. The Labute approximate surface area is 118 Å². The van der Waals surface area contributed by atoms with Crippen molar-refractivity contribution in [1.29, 1.82) is 0 Å². The molecule has 0 aliphatic carbocycles. The maximum absolute atomic E-state index is 11.0. The third kappa shape index (κ3) is 12.2. The molecular formula is C11H27Cl2N3O. The first-order valence-corrected chi connectivity index (χ1v) is 5.85. The molecule has 0 fully saturated rings. The minimum Gasteiger partial charge on any atom is -0.353 e. The van der Waals surface area contributed by atoms with E-state index in [0.29, 0.717) is 0 Å². The first kappa shape index (κ1) is 22.2. The fourth-order valence-electron chi connectivity index (χ4n) is 1.57. The molecular weight excluding hydrogens is 261 g/mol. The van der Waals surface area contributed by atoms with Crippen LogP contribution in [0.25, 0.3) is 0 Å². The zero-order chi connectivity index (χ0) is 11.7. The first-order valence-electron chi connectivity index (χ1n) is 5.85. The van der Waals surface area contributed by atoms with Gasteiger partial charge in [-0.1, -0.05) is 13.8 Å². The molecule has 0 aliphatic rings. The van der Waals surface area contributed by atoms with E-state index in [4.69, 9.17) is 5.73 Å². The summed E-state index contributed by atoms with van der Waals surface area (Å²) in [6.07, 6.45) is 2.13. The van der Waals surface area contributed by atoms with E-state index in [-0.39, 0.29) is 43.3 Å². The molecule has 0 aromatic heterocycles. The zero-order valence-electron chi connectivity index (χ0n) is 11.1. The molecule has 1 atom stereocenters. The van der Waals surface area contributed by atoms with Gasteiger partial charge >= 0.3 is 0 Å². The van der Waals surface area contributed by atoms with Crippen molar-refractivity contribution in [1.82, 2.24) is 10.2 Å². The Morgan fingerprint density at radius 2 is 1.82 bits per heavy atom. The fraction of sp³-hybridized carbons (Fsp3) is 0.909. The second-order valence-electron chi connectivity index (χ2n) is 3.84. The Hall–Kier alpha value is -0.0300. The Morgan fingerprint density at radius 1 is 1.29 bits per heavy atom. The van der Waals surface area contributed by atoms with E-state index < -0.39 is 0 Å². The lowest BCUT2D eigenvalue weighted by Crippen LogP contribution is -2.37. The summed E-state index contributed by atoms with van der Waals surface area (Å²) < 4.78 is 0. The maximum Gasteiger partial charge on any atom is 0.233 e. The van der Waals surface area contributed by atoms with Gasteiger partial charge in [-0.05, 0) is 39.4 Å². The molecule has 0 aromatic rings. The summed E-state index contributed by atoms with van der Waals surface area (Å²) in [6.45, 7) is 9.75. The van der Waals surface area contributed by atoms with Gasteiger partial charge in [-0.2, -0.15) is 0 Å². The van der Waals surface area contributed by atoms with Crippen molar-refractivity contribution >= 4 is 30.7 Å². The molecule has 106 valence electrons. The summed E-state index contributed by atoms with van der Waals surface area (Å²) in [5.74, 6) is -0.0645. The molecule has 0 saturated carbocycles. The number of carbonyl (C=O) groups excluding carboxylic acids is 1. The number of nitrogens with two attached hydrogens (primary N) is 1. The van der Waals surface area contributed by atoms with Crippen LogP contribution < -0.4 is 11.1 Å².